The molecule has 0 bridgehead atoms. The Balaban J connectivity index is 2.28. The van der Waals surface area contributed by atoms with Crippen molar-refractivity contribution in [3.05, 3.63) is 10.5 Å². The Kier molecular flexibility index (Phi) is 4.76. The first kappa shape index (κ1) is 14.3. The molecule has 0 aliphatic rings. The van der Waals surface area contributed by atoms with Crippen molar-refractivity contribution >= 4 is 23.4 Å². The van der Waals surface area contributed by atoms with Gasteiger partial charge in [0.2, 0.25) is 0 Å². The van der Waals surface area contributed by atoms with Gasteiger partial charge in [-0.3, -0.25) is 4.68 Å². The Bertz CT molecular complexity index is 596. The van der Waals surface area contributed by atoms with Gasteiger partial charge >= 0.3 is 0 Å². The average molecular weight is 282 g/mol. The monoisotopic (exact) mass is 282 g/mol. The predicted molar refractivity (Wildman–Crippen MR) is 79.0 cm³/mol. The lowest BCUT2D eigenvalue weighted by atomic mass is 10.2. The van der Waals surface area contributed by atoms with E-state index in [1.807, 2.05) is 18.7 Å². The molecule has 19 heavy (non-hydrogen) atoms. The SMILES string of the molecule is CCCc1nn(C)c2c1[nH]c(=S)n2CCCOCC. The summed E-state index contributed by atoms with van der Waals surface area (Å²) in [4.78, 5) is 3.30. The van der Waals surface area contributed by atoms with Crippen molar-refractivity contribution in [3.8, 4) is 0 Å². The summed E-state index contributed by atoms with van der Waals surface area (Å²) < 4.78 is 10.2. The van der Waals surface area contributed by atoms with Gasteiger partial charge in [-0.25, -0.2) is 0 Å². The number of fused-ring (bicyclic) bond motifs is 1. The van der Waals surface area contributed by atoms with Gasteiger partial charge < -0.3 is 14.3 Å². The predicted octanol–water partition coefficient (Wildman–Crippen LogP) is 2.81. The molecule has 106 valence electrons. The second-order valence-corrected chi connectivity index (χ2v) is 5.04. The summed E-state index contributed by atoms with van der Waals surface area (Å²) in [6.07, 6.45) is 3.02. The highest BCUT2D eigenvalue weighted by atomic mass is 32.1. The third-order valence-electron chi connectivity index (χ3n) is 3.18. The maximum Gasteiger partial charge on any atom is 0.179 e. The number of H-pyrrole nitrogens is 1. The van der Waals surface area contributed by atoms with Crippen LogP contribution in [-0.2, 0) is 24.8 Å². The van der Waals surface area contributed by atoms with Gasteiger partial charge in [0, 0.05) is 26.8 Å². The third kappa shape index (κ3) is 2.90. The maximum atomic E-state index is 5.41. The lowest BCUT2D eigenvalue weighted by Gasteiger charge is -2.04. The second kappa shape index (κ2) is 6.34. The summed E-state index contributed by atoms with van der Waals surface area (Å²) in [6, 6.07) is 0. The van der Waals surface area contributed by atoms with Crippen molar-refractivity contribution in [2.24, 2.45) is 7.05 Å². The second-order valence-electron chi connectivity index (χ2n) is 4.65. The molecule has 0 radical (unpaired) electrons. The molecule has 2 rings (SSSR count). The molecule has 0 aromatic carbocycles. The van der Waals surface area contributed by atoms with E-state index in [-0.39, 0.29) is 0 Å². The summed E-state index contributed by atoms with van der Waals surface area (Å²) in [5, 5.41) is 4.57. The van der Waals surface area contributed by atoms with Gasteiger partial charge in [-0.2, -0.15) is 5.10 Å². The first-order valence-electron chi connectivity index (χ1n) is 6.91. The molecule has 2 aromatic rings. The topological polar surface area (TPSA) is 47.8 Å². The van der Waals surface area contributed by atoms with Crippen molar-refractivity contribution in [2.75, 3.05) is 13.2 Å². The van der Waals surface area contributed by atoms with Crippen LogP contribution in [0.25, 0.3) is 11.2 Å². The van der Waals surface area contributed by atoms with Gasteiger partial charge in [0.1, 0.15) is 5.52 Å². The number of ether oxygens (including phenoxy) is 1. The Morgan fingerprint density at radius 2 is 2.16 bits per heavy atom. The quantitative estimate of drug-likeness (QED) is 0.627. The van der Waals surface area contributed by atoms with Crippen molar-refractivity contribution in [2.45, 2.75) is 39.7 Å². The Hall–Kier alpha value is -1.14. The molecule has 0 aliphatic heterocycles. The molecule has 1 N–H and O–H groups in total. The summed E-state index contributed by atoms with van der Waals surface area (Å²) in [6.45, 7) is 6.57. The van der Waals surface area contributed by atoms with Gasteiger partial charge in [-0.1, -0.05) is 13.3 Å². The van der Waals surface area contributed by atoms with Crippen molar-refractivity contribution in [3.63, 3.8) is 0 Å². The fourth-order valence-corrected chi connectivity index (χ4v) is 2.65. The zero-order valence-electron chi connectivity index (χ0n) is 11.9. The first-order chi connectivity index (χ1) is 9.19. The van der Waals surface area contributed by atoms with Crippen molar-refractivity contribution < 1.29 is 4.74 Å². The van der Waals surface area contributed by atoms with E-state index in [1.165, 1.54) is 0 Å². The van der Waals surface area contributed by atoms with Crippen LogP contribution in [0.4, 0.5) is 0 Å². The van der Waals surface area contributed by atoms with E-state index in [1.54, 1.807) is 0 Å². The molecule has 5 nitrogen and oxygen atoms in total. The van der Waals surface area contributed by atoms with E-state index in [4.69, 9.17) is 17.0 Å². The van der Waals surface area contributed by atoms with Gasteiger partial charge in [0.15, 0.2) is 10.4 Å². The molecule has 2 heterocycles. The minimum absolute atomic E-state index is 0.764. The number of imidazole rings is 1. The zero-order valence-corrected chi connectivity index (χ0v) is 12.7. The van der Waals surface area contributed by atoms with Crippen LogP contribution in [0.5, 0.6) is 0 Å². The molecular weight excluding hydrogens is 260 g/mol. The van der Waals surface area contributed by atoms with Crippen LogP contribution < -0.4 is 0 Å². The van der Waals surface area contributed by atoms with Crippen LogP contribution in [-0.4, -0.2) is 32.5 Å². The number of aromatic nitrogens is 4. The number of aryl methyl sites for hydroxylation is 3. The van der Waals surface area contributed by atoms with Crippen LogP contribution in [0.3, 0.4) is 0 Å². The minimum Gasteiger partial charge on any atom is -0.382 e. The highest BCUT2D eigenvalue weighted by molar-refractivity contribution is 7.71. The number of rotatable bonds is 7. The molecule has 0 unspecified atom stereocenters. The van der Waals surface area contributed by atoms with Crippen LogP contribution in [0.15, 0.2) is 0 Å². The Morgan fingerprint density at radius 1 is 1.37 bits per heavy atom. The lowest BCUT2D eigenvalue weighted by molar-refractivity contribution is 0.141. The molecule has 0 amide bonds. The molecule has 0 atom stereocenters. The molecule has 0 saturated carbocycles. The van der Waals surface area contributed by atoms with Gasteiger partial charge in [-0.05, 0) is 32.0 Å². The Morgan fingerprint density at radius 3 is 2.84 bits per heavy atom. The van der Waals surface area contributed by atoms with Crippen molar-refractivity contribution in [1.82, 2.24) is 19.3 Å². The van der Waals surface area contributed by atoms with E-state index in [9.17, 15) is 0 Å². The molecule has 0 spiro atoms. The molecule has 2 aromatic heterocycles. The summed E-state index contributed by atoms with van der Waals surface area (Å²) in [5.74, 6) is 0. The highest BCUT2D eigenvalue weighted by Crippen LogP contribution is 2.19. The standard InChI is InChI=1S/C13H22N4OS/c1-4-7-10-11-12(16(3)15-10)17(13(19)14-11)8-6-9-18-5-2/h4-9H2,1-3H3,(H,14,19). The van der Waals surface area contributed by atoms with Crippen LogP contribution >= 0.6 is 12.2 Å². The number of aromatic amines is 1. The number of nitrogens with zero attached hydrogens (tertiary/aromatic N) is 3. The minimum atomic E-state index is 0.764. The molecule has 0 saturated heterocycles. The van der Waals surface area contributed by atoms with E-state index >= 15 is 0 Å². The van der Waals surface area contributed by atoms with E-state index < -0.39 is 0 Å². The number of hydrogen-bond donors (Lipinski definition) is 1. The summed E-state index contributed by atoms with van der Waals surface area (Å²) >= 11 is 5.41. The van der Waals surface area contributed by atoms with Crippen LogP contribution in [0.2, 0.25) is 0 Å². The lowest BCUT2D eigenvalue weighted by Crippen LogP contribution is -2.06. The summed E-state index contributed by atoms with van der Waals surface area (Å²) in [7, 11) is 1.98. The third-order valence-corrected chi connectivity index (χ3v) is 3.51. The Labute approximate surface area is 118 Å². The van der Waals surface area contributed by atoms with E-state index in [0.717, 1.165) is 60.6 Å². The first-order valence-corrected chi connectivity index (χ1v) is 7.32. The van der Waals surface area contributed by atoms with Gasteiger partial charge in [0.05, 0.1) is 5.69 Å². The maximum absolute atomic E-state index is 5.41. The molecule has 0 aliphatic carbocycles. The smallest absolute Gasteiger partial charge is 0.179 e. The fraction of sp³-hybridized carbons (Fsp3) is 0.692. The summed E-state index contributed by atoms with van der Waals surface area (Å²) in [5.41, 5.74) is 3.28. The van der Waals surface area contributed by atoms with Crippen LogP contribution in [0, 0.1) is 4.77 Å². The zero-order chi connectivity index (χ0) is 13.8. The fourth-order valence-electron chi connectivity index (χ4n) is 2.37. The number of hydrogen-bond acceptors (Lipinski definition) is 3. The highest BCUT2D eigenvalue weighted by Gasteiger charge is 2.14. The normalized spacial score (nSPS) is 11.5. The van der Waals surface area contributed by atoms with Crippen molar-refractivity contribution in [1.29, 1.82) is 0 Å². The van der Waals surface area contributed by atoms with Gasteiger partial charge in [0.25, 0.3) is 0 Å². The molecular formula is C13H22N4OS. The molecule has 6 heteroatoms. The van der Waals surface area contributed by atoms with E-state index in [0.29, 0.717) is 0 Å². The molecule has 0 fully saturated rings. The number of nitrogens with one attached hydrogen (secondary N) is 1. The largest absolute Gasteiger partial charge is 0.382 e. The van der Waals surface area contributed by atoms with Crippen LogP contribution in [0.1, 0.15) is 32.4 Å². The average Bonchev–Trinajstić information content (AvgIpc) is 2.85. The van der Waals surface area contributed by atoms with Gasteiger partial charge in [-0.15, -0.1) is 0 Å². The van der Waals surface area contributed by atoms with E-state index in [2.05, 4.69) is 21.6 Å².